The molecule has 73 heavy (non-hydrogen) atoms. The fourth-order valence-electron chi connectivity index (χ4n) is 9.22. The number of aliphatic hydroxyl groups excluding tert-OH is 5. The summed E-state index contributed by atoms with van der Waals surface area (Å²) >= 11 is 0. The lowest BCUT2D eigenvalue weighted by atomic mass is 9.99. The monoisotopic (exact) mass is 1020 g/mol. The van der Waals surface area contributed by atoms with Crippen molar-refractivity contribution in [3.63, 3.8) is 0 Å². The SMILES string of the molecule is CC/C=C\C/C=C\C/C=C\C/C=C\C/C=C\C/C=C\CCCCCCCCCCCCCCC(=O)NC(COC1OC(CO)C(O)C(O)C1O)C(O)/C=C/CCCCCCCCCCCCCCCCCCC. The van der Waals surface area contributed by atoms with Gasteiger partial charge in [0.05, 0.1) is 25.4 Å². The highest BCUT2D eigenvalue weighted by atomic mass is 16.7. The van der Waals surface area contributed by atoms with Crippen LogP contribution in [0.25, 0.3) is 0 Å². The average molecular weight is 1020 g/mol. The number of hydrogen-bond donors (Lipinski definition) is 6. The Balaban J connectivity index is 2.19. The van der Waals surface area contributed by atoms with Crippen LogP contribution in [0.3, 0.4) is 0 Å². The predicted octanol–water partition coefficient (Wildman–Crippen LogP) is 15.4. The Hall–Kier alpha value is -2.63. The van der Waals surface area contributed by atoms with Gasteiger partial charge in [-0.1, -0.05) is 266 Å². The van der Waals surface area contributed by atoms with Crippen LogP contribution in [0.15, 0.2) is 85.1 Å². The minimum absolute atomic E-state index is 0.180. The number of hydrogen-bond acceptors (Lipinski definition) is 8. The number of ether oxygens (including phenoxy) is 2. The van der Waals surface area contributed by atoms with Gasteiger partial charge in [0.25, 0.3) is 0 Å². The lowest BCUT2D eigenvalue weighted by Gasteiger charge is -2.40. The van der Waals surface area contributed by atoms with E-state index >= 15 is 0 Å². The lowest BCUT2D eigenvalue weighted by Crippen LogP contribution is -2.60. The summed E-state index contributed by atoms with van der Waals surface area (Å²) in [6, 6.07) is -0.811. The zero-order valence-corrected chi connectivity index (χ0v) is 46.9. The van der Waals surface area contributed by atoms with E-state index in [0.717, 1.165) is 77.0 Å². The van der Waals surface area contributed by atoms with Gasteiger partial charge in [-0.25, -0.2) is 0 Å². The van der Waals surface area contributed by atoms with Crippen LogP contribution in [-0.4, -0.2) is 87.5 Å². The molecule has 0 aromatic carbocycles. The Bertz CT molecular complexity index is 1420. The van der Waals surface area contributed by atoms with Crippen molar-refractivity contribution in [3.8, 4) is 0 Å². The van der Waals surface area contributed by atoms with E-state index < -0.39 is 49.5 Å². The molecule has 1 fully saturated rings. The molecular formula is C64H113NO8. The third kappa shape index (κ3) is 42.2. The van der Waals surface area contributed by atoms with E-state index in [2.05, 4.69) is 92.1 Å². The van der Waals surface area contributed by atoms with Gasteiger partial charge in [0.1, 0.15) is 24.4 Å². The Morgan fingerprint density at radius 1 is 0.479 bits per heavy atom. The smallest absolute Gasteiger partial charge is 0.220 e. The van der Waals surface area contributed by atoms with Gasteiger partial charge in [-0.05, 0) is 70.6 Å². The highest BCUT2D eigenvalue weighted by molar-refractivity contribution is 5.76. The molecule has 0 aliphatic carbocycles. The number of amides is 1. The summed E-state index contributed by atoms with van der Waals surface area (Å²) in [5, 5.41) is 54.6. The molecule has 0 aromatic heterocycles. The molecule has 9 nitrogen and oxygen atoms in total. The first-order valence-corrected chi connectivity index (χ1v) is 30.3. The molecule has 0 radical (unpaired) electrons. The van der Waals surface area contributed by atoms with E-state index in [4.69, 9.17) is 9.47 Å². The van der Waals surface area contributed by atoms with Gasteiger partial charge in [-0.3, -0.25) is 4.79 Å². The molecule has 1 saturated heterocycles. The molecule has 1 amide bonds. The van der Waals surface area contributed by atoms with E-state index in [-0.39, 0.29) is 12.5 Å². The number of nitrogens with one attached hydrogen (secondary N) is 1. The van der Waals surface area contributed by atoms with Crippen LogP contribution in [0.2, 0.25) is 0 Å². The van der Waals surface area contributed by atoms with Crippen LogP contribution in [0.5, 0.6) is 0 Å². The molecule has 0 bridgehead atoms. The number of rotatable bonds is 51. The van der Waals surface area contributed by atoms with Crippen molar-refractivity contribution >= 4 is 5.91 Å². The zero-order valence-electron chi connectivity index (χ0n) is 46.9. The Morgan fingerprint density at radius 3 is 1.26 bits per heavy atom. The molecular weight excluding hydrogens is 911 g/mol. The number of carbonyl (C=O) groups is 1. The summed E-state index contributed by atoms with van der Waals surface area (Å²) in [6.07, 6.45) is 67.9. The third-order valence-electron chi connectivity index (χ3n) is 14.0. The number of unbranched alkanes of at least 4 members (excludes halogenated alkanes) is 29. The van der Waals surface area contributed by atoms with E-state index in [9.17, 15) is 30.3 Å². The zero-order chi connectivity index (χ0) is 52.9. The molecule has 1 rings (SSSR count). The number of allylic oxidation sites excluding steroid dienone is 13. The van der Waals surface area contributed by atoms with Crippen LogP contribution in [0.4, 0.5) is 0 Å². The van der Waals surface area contributed by atoms with Crippen LogP contribution in [-0.2, 0) is 14.3 Å². The van der Waals surface area contributed by atoms with E-state index in [1.54, 1.807) is 6.08 Å². The first-order valence-electron chi connectivity index (χ1n) is 30.3. The summed E-state index contributed by atoms with van der Waals surface area (Å²) in [5.74, 6) is -0.180. The van der Waals surface area contributed by atoms with Gasteiger partial charge in [0.2, 0.25) is 5.91 Å². The van der Waals surface area contributed by atoms with Crippen molar-refractivity contribution in [1.82, 2.24) is 5.32 Å². The highest BCUT2D eigenvalue weighted by Crippen LogP contribution is 2.23. The van der Waals surface area contributed by atoms with Gasteiger partial charge in [-0.15, -0.1) is 0 Å². The van der Waals surface area contributed by atoms with Crippen LogP contribution in [0.1, 0.15) is 258 Å². The van der Waals surface area contributed by atoms with Crippen molar-refractivity contribution in [2.24, 2.45) is 0 Å². The molecule has 0 spiro atoms. The number of aliphatic hydroxyl groups is 5. The normalized spacial score (nSPS) is 19.7. The molecule has 0 saturated carbocycles. The Morgan fingerprint density at radius 2 is 0.849 bits per heavy atom. The van der Waals surface area contributed by atoms with Crippen LogP contribution < -0.4 is 5.32 Å². The molecule has 1 aliphatic rings. The first-order chi connectivity index (χ1) is 35.8. The Kier molecular flexibility index (Phi) is 49.5. The maximum absolute atomic E-state index is 13.1. The Labute approximate surface area is 448 Å². The summed E-state index contributed by atoms with van der Waals surface area (Å²) in [7, 11) is 0. The fourth-order valence-corrected chi connectivity index (χ4v) is 9.22. The molecule has 1 aliphatic heterocycles. The van der Waals surface area contributed by atoms with E-state index in [0.29, 0.717) is 6.42 Å². The van der Waals surface area contributed by atoms with Crippen molar-refractivity contribution in [1.29, 1.82) is 0 Å². The minimum Gasteiger partial charge on any atom is -0.394 e. The van der Waals surface area contributed by atoms with Crippen molar-refractivity contribution < 1.29 is 39.8 Å². The van der Waals surface area contributed by atoms with Crippen molar-refractivity contribution in [3.05, 3.63) is 85.1 Å². The molecule has 7 atom stereocenters. The summed E-state index contributed by atoms with van der Waals surface area (Å²) in [5.41, 5.74) is 0. The second-order valence-corrected chi connectivity index (χ2v) is 20.8. The minimum atomic E-state index is -1.57. The van der Waals surface area contributed by atoms with Crippen LogP contribution >= 0.6 is 0 Å². The molecule has 9 heteroatoms. The van der Waals surface area contributed by atoms with Gasteiger partial charge < -0.3 is 40.3 Å². The molecule has 422 valence electrons. The topological polar surface area (TPSA) is 149 Å². The quantitative estimate of drug-likeness (QED) is 0.0261. The molecule has 7 unspecified atom stereocenters. The predicted molar refractivity (Wildman–Crippen MR) is 308 cm³/mol. The second kappa shape index (κ2) is 52.8. The third-order valence-corrected chi connectivity index (χ3v) is 14.0. The maximum Gasteiger partial charge on any atom is 0.220 e. The van der Waals surface area contributed by atoms with Crippen LogP contribution in [0, 0.1) is 0 Å². The molecule has 1 heterocycles. The first kappa shape index (κ1) is 68.4. The number of carbonyl (C=O) groups excluding carboxylic acids is 1. The summed E-state index contributed by atoms with van der Waals surface area (Å²) in [6.45, 7) is 3.68. The highest BCUT2D eigenvalue weighted by Gasteiger charge is 2.44. The summed E-state index contributed by atoms with van der Waals surface area (Å²) < 4.78 is 11.3. The van der Waals surface area contributed by atoms with E-state index in [1.165, 1.54) is 161 Å². The van der Waals surface area contributed by atoms with Crippen molar-refractivity contribution in [2.45, 2.75) is 301 Å². The van der Waals surface area contributed by atoms with E-state index in [1.807, 2.05) is 6.08 Å². The van der Waals surface area contributed by atoms with Gasteiger partial charge in [0, 0.05) is 6.42 Å². The standard InChI is InChI=1S/C64H113NO8/c1-3-5-7-9-11-13-15-17-19-21-23-24-25-26-27-28-29-30-31-32-33-34-36-38-40-42-44-46-48-50-52-54-60(68)65-57(56-72-64-63(71)62(70)61(69)59(55-66)73-64)58(67)53-51-49-47-45-43-41-39-37-35-22-20-18-16-14-12-10-8-6-4-2/h5,7,11,13,17,19,23-24,26-27,29-30,51,53,57-59,61-64,66-67,69-71H,3-4,6,8-10,12,14-16,18,20-22,25,28,31-50,52,54-56H2,1-2H3,(H,65,68)/b7-5-,13-11-,19-17-,24-23-,27-26-,30-29-,53-51+. The largest absolute Gasteiger partial charge is 0.394 e. The van der Waals surface area contributed by atoms with Gasteiger partial charge >= 0.3 is 0 Å². The maximum atomic E-state index is 13.1. The average Bonchev–Trinajstić information content (AvgIpc) is 3.39. The van der Waals surface area contributed by atoms with Crippen molar-refractivity contribution in [2.75, 3.05) is 13.2 Å². The summed E-state index contributed by atoms with van der Waals surface area (Å²) in [4.78, 5) is 13.1. The molecule has 6 N–H and O–H groups in total. The fraction of sp³-hybridized carbons (Fsp3) is 0.766. The van der Waals surface area contributed by atoms with Gasteiger partial charge in [0.15, 0.2) is 6.29 Å². The second-order valence-electron chi connectivity index (χ2n) is 20.8. The van der Waals surface area contributed by atoms with Gasteiger partial charge in [-0.2, -0.15) is 0 Å². The lowest BCUT2D eigenvalue weighted by molar-refractivity contribution is -0.302. The molecule has 0 aromatic rings.